The molecule has 1 aromatic heterocycles. The number of halogens is 5. The van der Waals surface area contributed by atoms with Gasteiger partial charge < -0.3 is 14.4 Å². The first kappa shape index (κ1) is 21.9. The van der Waals surface area contributed by atoms with Crippen LogP contribution in [0.1, 0.15) is 23.7 Å². The Kier molecular flexibility index (Phi) is 5.44. The van der Waals surface area contributed by atoms with Gasteiger partial charge in [-0.05, 0) is 54.8 Å². The van der Waals surface area contributed by atoms with Gasteiger partial charge in [-0.2, -0.15) is 13.2 Å². The highest BCUT2D eigenvalue weighted by molar-refractivity contribution is 6.31. The first-order chi connectivity index (χ1) is 14.5. The molecule has 1 aliphatic rings. The summed E-state index contributed by atoms with van der Waals surface area (Å²) < 4.78 is 61.0. The van der Waals surface area contributed by atoms with Crippen molar-refractivity contribution < 1.29 is 27.4 Å². The fraction of sp³-hybridized carbons (Fsp3) is 0.364. The predicted molar refractivity (Wildman–Crippen MR) is 110 cm³/mol. The van der Waals surface area contributed by atoms with Gasteiger partial charge in [0, 0.05) is 34.7 Å². The van der Waals surface area contributed by atoms with E-state index < -0.39 is 17.7 Å². The molecule has 1 atom stereocenters. The van der Waals surface area contributed by atoms with Crippen molar-refractivity contribution in [2.75, 3.05) is 13.7 Å². The average molecular weight is 457 g/mol. The number of aliphatic hydroxyl groups is 1. The molecule has 1 aliphatic heterocycles. The minimum absolute atomic E-state index is 0.0406. The topological polar surface area (TPSA) is 37.6 Å². The molecule has 1 N–H and O–H groups in total. The lowest BCUT2D eigenvalue weighted by molar-refractivity contribution is -0.251. The van der Waals surface area contributed by atoms with Gasteiger partial charge in [0.15, 0.2) is 11.6 Å². The Balaban J connectivity index is 1.81. The number of alkyl halides is 3. The van der Waals surface area contributed by atoms with E-state index in [1.54, 1.807) is 28.8 Å². The quantitative estimate of drug-likeness (QED) is 0.431. The third-order valence-electron chi connectivity index (χ3n) is 5.82. The zero-order valence-electron chi connectivity index (χ0n) is 16.9. The molecule has 9 heteroatoms. The summed E-state index contributed by atoms with van der Waals surface area (Å²) in [6.07, 6.45) is -4.25. The summed E-state index contributed by atoms with van der Waals surface area (Å²) in [7, 11) is 1.34. The molecule has 0 amide bonds. The van der Waals surface area contributed by atoms with E-state index in [0.29, 0.717) is 26.7 Å². The summed E-state index contributed by atoms with van der Waals surface area (Å²) in [4.78, 5) is 0.452. The highest BCUT2D eigenvalue weighted by Gasteiger charge is 2.41. The molecule has 0 bridgehead atoms. The highest BCUT2D eigenvalue weighted by atomic mass is 35.5. The maximum Gasteiger partial charge on any atom is 0.460 e. The van der Waals surface area contributed by atoms with Crippen LogP contribution in [0.3, 0.4) is 0 Å². The van der Waals surface area contributed by atoms with E-state index in [1.807, 2.05) is 0 Å². The van der Waals surface area contributed by atoms with E-state index in [-0.39, 0.29) is 31.8 Å². The van der Waals surface area contributed by atoms with Crippen molar-refractivity contribution in [2.24, 2.45) is 0 Å². The lowest BCUT2D eigenvalue weighted by atomic mass is 9.95. The molecule has 3 aromatic rings. The van der Waals surface area contributed by atoms with Crippen LogP contribution < -0.4 is 4.74 Å². The van der Waals surface area contributed by atoms with Gasteiger partial charge >= 0.3 is 6.30 Å². The SMILES string of the molecule is COc1ccc(C(C)(O)Cn2c3c(c4cc(Cl)ccc42)CCN(C(F)(F)F)C3)cc1F. The van der Waals surface area contributed by atoms with Crippen LogP contribution in [0.4, 0.5) is 17.6 Å². The lowest BCUT2D eigenvalue weighted by Crippen LogP contribution is -2.42. The molecular weight excluding hydrogens is 436 g/mol. The number of methoxy groups -OCH3 is 1. The third-order valence-corrected chi connectivity index (χ3v) is 6.05. The van der Waals surface area contributed by atoms with Crippen LogP contribution in [0.25, 0.3) is 10.9 Å². The number of hydrogen-bond acceptors (Lipinski definition) is 3. The summed E-state index contributed by atoms with van der Waals surface area (Å²) in [5.41, 5.74) is 0.670. The Bertz CT molecular complexity index is 1140. The van der Waals surface area contributed by atoms with E-state index in [4.69, 9.17) is 16.3 Å². The maximum atomic E-state index is 14.2. The molecule has 4 rings (SSSR count). The van der Waals surface area contributed by atoms with Crippen molar-refractivity contribution in [3.63, 3.8) is 0 Å². The van der Waals surface area contributed by atoms with Crippen molar-refractivity contribution in [3.05, 3.63) is 64.1 Å². The van der Waals surface area contributed by atoms with Crippen LogP contribution in [0.15, 0.2) is 36.4 Å². The molecule has 4 nitrogen and oxygen atoms in total. The molecule has 1 unspecified atom stereocenters. The van der Waals surface area contributed by atoms with Crippen molar-refractivity contribution in [2.45, 2.75) is 38.3 Å². The Labute approximate surface area is 181 Å². The van der Waals surface area contributed by atoms with Gasteiger partial charge in [0.25, 0.3) is 0 Å². The number of hydrogen-bond donors (Lipinski definition) is 1. The predicted octanol–water partition coefficient (Wildman–Crippen LogP) is 5.23. The van der Waals surface area contributed by atoms with E-state index in [0.717, 1.165) is 10.9 Å². The van der Waals surface area contributed by atoms with Gasteiger partial charge in [0.05, 0.1) is 13.7 Å². The monoisotopic (exact) mass is 456 g/mol. The standard InChI is InChI=1S/C22H21ClF4N2O2/c1-21(30,13-3-6-20(31-2)17(24)9-13)12-29-18-5-4-14(23)10-16(18)15-7-8-28(11-19(15)29)22(25,26)27/h3-6,9-10,30H,7-8,11-12H2,1-2H3. The Morgan fingerprint density at radius 2 is 1.90 bits per heavy atom. The summed E-state index contributed by atoms with van der Waals surface area (Å²) in [5, 5.41) is 12.4. The number of ether oxygens (including phenoxy) is 1. The number of aromatic nitrogens is 1. The summed E-state index contributed by atoms with van der Waals surface area (Å²) in [5.74, 6) is -0.589. The van der Waals surface area contributed by atoms with Gasteiger partial charge in [0.2, 0.25) is 0 Å². The molecule has 2 aromatic carbocycles. The molecule has 0 radical (unpaired) electrons. The largest absolute Gasteiger partial charge is 0.494 e. The zero-order valence-corrected chi connectivity index (χ0v) is 17.7. The molecule has 0 saturated heterocycles. The van der Waals surface area contributed by atoms with E-state index >= 15 is 0 Å². The van der Waals surface area contributed by atoms with Gasteiger partial charge in [-0.25, -0.2) is 9.29 Å². The van der Waals surface area contributed by atoms with Gasteiger partial charge in [-0.1, -0.05) is 17.7 Å². The zero-order chi connectivity index (χ0) is 22.6. The highest BCUT2D eigenvalue weighted by Crippen LogP contribution is 2.38. The van der Waals surface area contributed by atoms with Gasteiger partial charge in [0.1, 0.15) is 5.60 Å². The third kappa shape index (κ3) is 4.00. The van der Waals surface area contributed by atoms with Crippen LogP contribution in [-0.2, 0) is 25.1 Å². The van der Waals surface area contributed by atoms with Crippen LogP contribution in [0.5, 0.6) is 5.75 Å². The normalized spacial score (nSPS) is 16.9. The maximum absolute atomic E-state index is 14.2. The number of nitrogens with zero attached hydrogens (tertiary/aromatic N) is 2. The van der Waals surface area contributed by atoms with Crippen LogP contribution in [0.2, 0.25) is 5.02 Å². The van der Waals surface area contributed by atoms with Crippen LogP contribution >= 0.6 is 11.6 Å². The lowest BCUT2D eigenvalue weighted by Gasteiger charge is -2.32. The fourth-order valence-electron chi connectivity index (χ4n) is 4.21. The van der Waals surface area contributed by atoms with Crippen molar-refractivity contribution in [1.29, 1.82) is 0 Å². The molecule has 2 heterocycles. The molecular formula is C22H21ClF4N2O2. The Morgan fingerprint density at radius 1 is 1.16 bits per heavy atom. The second-order valence-electron chi connectivity index (χ2n) is 7.94. The molecule has 31 heavy (non-hydrogen) atoms. The summed E-state index contributed by atoms with van der Waals surface area (Å²) in [6, 6.07) is 9.26. The van der Waals surface area contributed by atoms with Crippen molar-refractivity contribution in [1.82, 2.24) is 9.47 Å². The van der Waals surface area contributed by atoms with Crippen molar-refractivity contribution >= 4 is 22.5 Å². The first-order valence-corrected chi connectivity index (χ1v) is 10.1. The van der Waals surface area contributed by atoms with Crippen LogP contribution in [0, 0.1) is 5.82 Å². The van der Waals surface area contributed by atoms with E-state index in [9.17, 15) is 22.7 Å². The minimum Gasteiger partial charge on any atom is -0.494 e. The Hall–Kier alpha value is -2.29. The smallest absolute Gasteiger partial charge is 0.460 e. The second-order valence-corrected chi connectivity index (χ2v) is 8.37. The molecule has 166 valence electrons. The van der Waals surface area contributed by atoms with Gasteiger partial charge in [-0.15, -0.1) is 0 Å². The second kappa shape index (κ2) is 7.69. The fourth-order valence-corrected chi connectivity index (χ4v) is 4.39. The van der Waals surface area contributed by atoms with Crippen LogP contribution in [-0.4, -0.2) is 34.5 Å². The first-order valence-electron chi connectivity index (χ1n) is 9.69. The minimum atomic E-state index is -4.46. The molecule has 0 spiro atoms. The van der Waals surface area contributed by atoms with Crippen molar-refractivity contribution in [3.8, 4) is 5.75 Å². The van der Waals surface area contributed by atoms with E-state index in [1.165, 1.54) is 26.2 Å². The Morgan fingerprint density at radius 3 is 2.55 bits per heavy atom. The molecule has 0 fully saturated rings. The van der Waals surface area contributed by atoms with E-state index in [2.05, 4.69) is 0 Å². The van der Waals surface area contributed by atoms with Gasteiger partial charge in [-0.3, -0.25) is 0 Å². The molecule has 0 saturated carbocycles. The number of fused-ring (bicyclic) bond motifs is 3. The summed E-state index contributed by atoms with van der Waals surface area (Å²) >= 11 is 6.14. The average Bonchev–Trinajstić information content (AvgIpc) is 2.99. The molecule has 0 aliphatic carbocycles. The summed E-state index contributed by atoms with van der Waals surface area (Å²) in [6.45, 7) is 0.963. The number of benzene rings is 2. The number of rotatable bonds is 4.